The predicted octanol–water partition coefficient (Wildman–Crippen LogP) is 6.60. The number of rotatable bonds is 3. The smallest absolute Gasteiger partial charge is 0.0765 e. The molecule has 4 aromatic rings. The van der Waals surface area contributed by atoms with Crippen molar-refractivity contribution in [2.24, 2.45) is 0 Å². The van der Waals surface area contributed by atoms with Gasteiger partial charge in [0.15, 0.2) is 0 Å². The van der Waals surface area contributed by atoms with Gasteiger partial charge in [0.1, 0.15) is 0 Å². The molecule has 0 spiro atoms. The molecule has 1 atom stereocenters. The van der Waals surface area contributed by atoms with Crippen LogP contribution in [0.5, 0.6) is 0 Å². The first-order valence-electron chi connectivity index (χ1n) is 9.69. The van der Waals surface area contributed by atoms with Gasteiger partial charge in [-0.2, -0.15) is 0 Å². The third kappa shape index (κ3) is 3.27. The van der Waals surface area contributed by atoms with Crippen LogP contribution in [0, 0.1) is 0 Å². The topological polar surface area (TPSA) is 9.23 Å². The number of hydrogen-bond acceptors (Lipinski definition) is 1. The Balaban J connectivity index is 1.67. The highest BCUT2D eigenvalue weighted by atomic mass is 16.5. The summed E-state index contributed by atoms with van der Waals surface area (Å²) in [6.45, 7) is 0.865. The minimum atomic E-state index is 0.206. The molecule has 0 radical (unpaired) electrons. The number of fused-ring (bicyclic) bond motifs is 2. The predicted molar refractivity (Wildman–Crippen MR) is 114 cm³/mol. The maximum atomic E-state index is 5.92. The monoisotopic (exact) mass is 350 g/mol. The van der Waals surface area contributed by atoms with Crippen molar-refractivity contribution in [1.82, 2.24) is 0 Å². The Morgan fingerprint density at radius 2 is 1.26 bits per heavy atom. The van der Waals surface area contributed by atoms with Crippen LogP contribution in [0.25, 0.3) is 27.1 Å². The van der Waals surface area contributed by atoms with Crippen molar-refractivity contribution in [3.05, 3.63) is 102 Å². The Kier molecular flexibility index (Phi) is 4.23. The molecule has 27 heavy (non-hydrogen) atoms. The van der Waals surface area contributed by atoms with E-state index >= 15 is 0 Å². The van der Waals surface area contributed by atoms with Crippen LogP contribution in [0.1, 0.15) is 24.0 Å². The molecule has 0 saturated carbocycles. The molecule has 0 amide bonds. The van der Waals surface area contributed by atoms with E-state index in [9.17, 15) is 0 Å². The normalized spacial score (nSPS) is 16.7. The molecule has 4 aromatic carbocycles. The van der Waals surface area contributed by atoms with E-state index in [1.807, 2.05) is 0 Å². The highest BCUT2D eigenvalue weighted by Gasteiger charge is 2.16. The van der Waals surface area contributed by atoms with Crippen molar-refractivity contribution in [1.29, 1.82) is 0 Å². The van der Waals surface area contributed by atoms with Gasteiger partial charge >= 0.3 is 0 Å². The molecule has 1 nitrogen and oxygen atoms in total. The van der Waals surface area contributed by atoms with Gasteiger partial charge in [-0.3, -0.25) is 0 Å². The van der Waals surface area contributed by atoms with E-state index in [0.29, 0.717) is 0 Å². The minimum Gasteiger partial charge on any atom is -0.374 e. The summed E-state index contributed by atoms with van der Waals surface area (Å²) in [7, 11) is 0. The maximum absolute atomic E-state index is 5.92. The van der Waals surface area contributed by atoms with Crippen LogP contribution in [-0.4, -0.2) is 12.7 Å². The molecular weight excluding hydrogens is 328 g/mol. The summed E-state index contributed by atoms with van der Waals surface area (Å²) in [5.41, 5.74) is 3.76. The first kappa shape index (κ1) is 16.3. The standard InChI is InChI=1S/C26H22O/c1-3-8-21-16-23(13-11-19(21)6-1)26(18-25-10-5-15-27-25)24-14-12-20-7-2-4-9-22(20)17-24/h1-4,6-9,11-14,16-18,25H,5,10,15H2. The summed E-state index contributed by atoms with van der Waals surface area (Å²) in [4.78, 5) is 0. The molecule has 132 valence electrons. The molecule has 1 aliphatic rings. The van der Waals surface area contributed by atoms with E-state index in [1.54, 1.807) is 0 Å². The van der Waals surface area contributed by atoms with E-state index in [-0.39, 0.29) is 6.10 Å². The molecule has 0 aliphatic carbocycles. The van der Waals surface area contributed by atoms with E-state index < -0.39 is 0 Å². The van der Waals surface area contributed by atoms with Crippen LogP contribution in [-0.2, 0) is 4.74 Å². The van der Waals surface area contributed by atoms with Crippen molar-refractivity contribution in [2.45, 2.75) is 18.9 Å². The molecule has 1 heterocycles. The first-order chi connectivity index (χ1) is 13.4. The number of hydrogen-bond donors (Lipinski definition) is 0. The van der Waals surface area contributed by atoms with Gasteiger partial charge in [0, 0.05) is 6.61 Å². The van der Waals surface area contributed by atoms with Crippen molar-refractivity contribution in [2.75, 3.05) is 6.61 Å². The Labute approximate surface area is 159 Å². The maximum Gasteiger partial charge on any atom is 0.0765 e. The zero-order valence-electron chi connectivity index (χ0n) is 15.3. The molecule has 1 fully saturated rings. The fourth-order valence-electron chi connectivity index (χ4n) is 3.99. The summed E-state index contributed by atoms with van der Waals surface area (Å²) in [6, 6.07) is 30.6. The second-order valence-corrected chi connectivity index (χ2v) is 7.26. The summed E-state index contributed by atoms with van der Waals surface area (Å²) >= 11 is 0. The fourth-order valence-corrected chi connectivity index (χ4v) is 3.99. The number of benzene rings is 4. The molecule has 0 bridgehead atoms. The van der Waals surface area contributed by atoms with E-state index in [2.05, 4.69) is 91.0 Å². The summed E-state index contributed by atoms with van der Waals surface area (Å²) < 4.78 is 5.92. The van der Waals surface area contributed by atoms with Gasteiger partial charge in [-0.1, -0.05) is 72.8 Å². The van der Waals surface area contributed by atoms with E-state index in [4.69, 9.17) is 4.74 Å². The molecule has 0 aromatic heterocycles. The average Bonchev–Trinajstić information content (AvgIpc) is 3.25. The van der Waals surface area contributed by atoms with Gasteiger partial charge in [-0.15, -0.1) is 0 Å². The summed E-state index contributed by atoms with van der Waals surface area (Å²) in [5, 5.41) is 5.09. The van der Waals surface area contributed by atoms with Gasteiger partial charge in [-0.25, -0.2) is 0 Å². The number of ether oxygens (including phenoxy) is 1. The van der Waals surface area contributed by atoms with Crippen molar-refractivity contribution in [3.8, 4) is 0 Å². The van der Waals surface area contributed by atoms with Crippen molar-refractivity contribution in [3.63, 3.8) is 0 Å². The van der Waals surface area contributed by atoms with Crippen LogP contribution >= 0.6 is 0 Å². The third-order valence-corrected chi connectivity index (χ3v) is 5.44. The quantitative estimate of drug-likeness (QED) is 0.404. The van der Waals surface area contributed by atoms with Crippen molar-refractivity contribution < 1.29 is 4.74 Å². The summed E-state index contributed by atoms with van der Waals surface area (Å²) in [6.07, 6.45) is 4.77. The Hall–Kier alpha value is -2.90. The Bertz CT molecular complexity index is 1050. The minimum absolute atomic E-state index is 0.206. The Morgan fingerprint density at radius 1 is 0.704 bits per heavy atom. The molecule has 0 N–H and O–H groups in total. The lowest BCUT2D eigenvalue weighted by Gasteiger charge is -2.14. The molecule has 1 heteroatoms. The molecular formula is C26H22O. The Morgan fingerprint density at radius 3 is 1.78 bits per heavy atom. The first-order valence-corrected chi connectivity index (χ1v) is 9.69. The SMILES string of the molecule is C(=C(c1ccc2ccccc2c1)c1ccc2ccccc2c1)C1CCCO1. The third-order valence-electron chi connectivity index (χ3n) is 5.44. The van der Waals surface area contributed by atoms with E-state index in [1.165, 1.54) is 38.2 Å². The molecule has 5 rings (SSSR count). The van der Waals surface area contributed by atoms with Crippen LogP contribution in [0.2, 0.25) is 0 Å². The highest BCUT2D eigenvalue weighted by Crippen LogP contribution is 2.31. The molecule has 1 aliphatic heterocycles. The van der Waals surface area contributed by atoms with Gasteiger partial charge in [0.05, 0.1) is 6.10 Å². The van der Waals surface area contributed by atoms with Crippen molar-refractivity contribution >= 4 is 27.1 Å². The van der Waals surface area contributed by atoms with Gasteiger partial charge < -0.3 is 4.74 Å². The molecule has 1 unspecified atom stereocenters. The van der Waals surface area contributed by atoms with Gasteiger partial charge in [0.25, 0.3) is 0 Å². The summed E-state index contributed by atoms with van der Waals surface area (Å²) in [5.74, 6) is 0. The van der Waals surface area contributed by atoms with Crippen LogP contribution in [0.3, 0.4) is 0 Å². The second kappa shape index (κ2) is 7.02. The fraction of sp³-hybridized carbons (Fsp3) is 0.154. The second-order valence-electron chi connectivity index (χ2n) is 7.26. The van der Waals surface area contributed by atoms with E-state index in [0.717, 1.165) is 19.4 Å². The van der Waals surface area contributed by atoms with Gasteiger partial charge in [-0.05, 0) is 69.3 Å². The average molecular weight is 350 g/mol. The van der Waals surface area contributed by atoms with Crippen LogP contribution < -0.4 is 0 Å². The zero-order chi connectivity index (χ0) is 18.1. The highest BCUT2D eigenvalue weighted by molar-refractivity contribution is 5.92. The lowest BCUT2D eigenvalue weighted by molar-refractivity contribution is 0.146. The molecule has 1 saturated heterocycles. The van der Waals surface area contributed by atoms with Crippen LogP contribution in [0.15, 0.2) is 91.0 Å². The zero-order valence-corrected chi connectivity index (χ0v) is 15.3. The van der Waals surface area contributed by atoms with Crippen LogP contribution in [0.4, 0.5) is 0 Å². The van der Waals surface area contributed by atoms with Gasteiger partial charge in [0.2, 0.25) is 0 Å². The largest absolute Gasteiger partial charge is 0.374 e. The lowest BCUT2D eigenvalue weighted by atomic mass is 9.92. The lowest BCUT2D eigenvalue weighted by Crippen LogP contribution is -2.02.